The molecule has 1 aromatic heterocycles. The summed E-state index contributed by atoms with van der Waals surface area (Å²) < 4.78 is 27.9. The van der Waals surface area contributed by atoms with E-state index >= 15 is 0 Å². The molecule has 1 unspecified atom stereocenters. The van der Waals surface area contributed by atoms with Gasteiger partial charge in [0.1, 0.15) is 4.21 Å². The standard InChI is InChI=1S/C20H23N3O4S2/c24-18-13-17(20(25)23(18)14-15-5-2-1-3-6-15)22-10-8-16(9-11-22)21-29(26,27)19-7-4-12-28-19/h1-7,12,16-17,21H,8-11,13-14H2. The highest BCUT2D eigenvalue weighted by molar-refractivity contribution is 7.91. The molecule has 2 saturated heterocycles. The van der Waals surface area contributed by atoms with Crippen molar-refractivity contribution in [2.75, 3.05) is 13.1 Å². The summed E-state index contributed by atoms with van der Waals surface area (Å²) in [6, 6.07) is 12.2. The van der Waals surface area contributed by atoms with E-state index in [1.807, 2.05) is 35.2 Å². The topological polar surface area (TPSA) is 86.8 Å². The molecule has 0 radical (unpaired) electrons. The van der Waals surface area contributed by atoms with Gasteiger partial charge in [0.25, 0.3) is 0 Å². The fourth-order valence-electron chi connectivity index (χ4n) is 3.91. The van der Waals surface area contributed by atoms with Crippen molar-refractivity contribution in [3.63, 3.8) is 0 Å². The summed E-state index contributed by atoms with van der Waals surface area (Å²) in [5.41, 5.74) is 0.927. The lowest BCUT2D eigenvalue weighted by molar-refractivity contribution is -0.140. The molecule has 1 aromatic carbocycles. The number of amides is 2. The summed E-state index contributed by atoms with van der Waals surface area (Å²) in [6.07, 6.45) is 1.42. The summed E-state index contributed by atoms with van der Waals surface area (Å²) >= 11 is 1.19. The maximum Gasteiger partial charge on any atom is 0.250 e. The maximum absolute atomic E-state index is 12.8. The SMILES string of the molecule is O=C1CC(N2CCC(NS(=O)(=O)c3cccs3)CC2)C(=O)N1Cc1ccccc1. The first-order valence-electron chi connectivity index (χ1n) is 9.62. The van der Waals surface area contributed by atoms with E-state index in [9.17, 15) is 18.0 Å². The fraction of sp³-hybridized carbons (Fsp3) is 0.400. The minimum Gasteiger partial charge on any atom is -0.291 e. The predicted molar refractivity (Wildman–Crippen MR) is 110 cm³/mol. The second kappa shape index (κ2) is 8.35. The van der Waals surface area contributed by atoms with Gasteiger partial charge in [0.15, 0.2) is 0 Å². The van der Waals surface area contributed by atoms with Crippen molar-refractivity contribution in [1.82, 2.24) is 14.5 Å². The predicted octanol–water partition coefficient (Wildman–Crippen LogP) is 1.82. The molecule has 2 fully saturated rings. The largest absolute Gasteiger partial charge is 0.291 e. The average molecular weight is 434 g/mol. The number of sulfonamides is 1. The third kappa shape index (κ3) is 4.42. The molecule has 2 aromatic rings. The van der Waals surface area contributed by atoms with Gasteiger partial charge in [-0.05, 0) is 29.9 Å². The van der Waals surface area contributed by atoms with Gasteiger partial charge in [0, 0.05) is 19.1 Å². The van der Waals surface area contributed by atoms with Gasteiger partial charge in [-0.15, -0.1) is 11.3 Å². The fourth-order valence-corrected chi connectivity index (χ4v) is 6.22. The number of benzene rings is 1. The highest BCUT2D eigenvalue weighted by Crippen LogP contribution is 2.25. The van der Waals surface area contributed by atoms with E-state index in [0.29, 0.717) is 36.7 Å². The zero-order valence-corrected chi connectivity index (χ0v) is 17.5. The maximum atomic E-state index is 12.8. The van der Waals surface area contributed by atoms with Gasteiger partial charge in [0.2, 0.25) is 21.8 Å². The number of thiophene rings is 1. The van der Waals surface area contributed by atoms with Gasteiger partial charge in [-0.25, -0.2) is 13.1 Å². The van der Waals surface area contributed by atoms with Crippen LogP contribution in [-0.4, -0.2) is 55.2 Å². The minimum atomic E-state index is -3.50. The number of carbonyl (C=O) groups excluding carboxylic acids is 2. The van der Waals surface area contributed by atoms with Crippen molar-refractivity contribution >= 4 is 33.2 Å². The van der Waals surface area contributed by atoms with E-state index in [2.05, 4.69) is 4.72 Å². The lowest BCUT2D eigenvalue weighted by Gasteiger charge is -2.34. The molecular formula is C20H23N3O4S2. The van der Waals surface area contributed by atoms with Crippen molar-refractivity contribution in [2.45, 2.75) is 42.1 Å². The zero-order chi connectivity index (χ0) is 20.4. The third-order valence-electron chi connectivity index (χ3n) is 5.46. The van der Waals surface area contributed by atoms with Crippen LogP contribution >= 0.6 is 11.3 Å². The van der Waals surface area contributed by atoms with Gasteiger partial charge in [0.05, 0.1) is 19.0 Å². The minimum absolute atomic E-state index is 0.149. The summed E-state index contributed by atoms with van der Waals surface area (Å²) in [6.45, 7) is 1.47. The number of piperidine rings is 1. The molecule has 0 aliphatic carbocycles. The summed E-state index contributed by atoms with van der Waals surface area (Å²) in [4.78, 5) is 28.6. The quantitative estimate of drug-likeness (QED) is 0.703. The van der Waals surface area contributed by atoms with Crippen LogP contribution in [0, 0.1) is 0 Å². The molecule has 9 heteroatoms. The monoisotopic (exact) mass is 433 g/mol. The Balaban J connectivity index is 1.34. The smallest absolute Gasteiger partial charge is 0.250 e. The Morgan fingerprint density at radius 2 is 1.76 bits per heavy atom. The van der Waals surface area contributed by atoms with Crippen LogP contribution < -0.4 is 4.72 Å². The van der Waals surface area contributed by atoms with E-state index < -0.39 is 16.1 Å². The van der Waals surface area contributed by atoms with Crippen LogP contribution in [0.5, 0.6) is 0 Å². The molecule has 1 atom stereocenters. The van der Waals surface area contributed by atoms with Crippen LogP contribution in [0.3, 0.4) is 0 Å². The van der Waals surface area contributed by atoms with Crippen molar-refractivity contribution in [2.24, 2.45) is 0 Å². The zero-order valence-electron chi connectivity index (χ0n) is 15.9. The van der Waals surface area contributed by atoms with Crippen LogP contribution in [-0.2, 0) is 26.2 Å². The Morgan fingerprint density at radius 1 is 1.03 bits per heavy atom. The molecule has 154 valence electrons. The summed E-state index contributed by atoms with van der Waals surface area (Å²) in [7, 11) is -3.50. The number of nitrogens with one attached hydrogen (secondary N) is 1. The van der Waals surface area contributed by atoms with E-state index in [1.54, 1.807) is 17.5 Å². The lowest BCUT2D eigenvalue weighted by atomic mass is 10.0. The van der Waals surface area contributed by atoms with Gasteiger partial charge in [-0.1, -0.05) is 36.4 Å². The Kier molecular flexibility index (Phi) is 5.82. The molecule has 2 aliphatic rings. The van der Waals surface area contributed by atoms with Gasteiger partial charge in [-0.2, -0.15) is 0 Å². The van der Waals surface area contributed by atoms with E-state index in [1.165, 1.54) is 16.2 Å². The Hall–Kier alpha value is -2.07. The first-order chi connectivity index (χ1) is 13.9. The molecule has 0 bridgehead atoms. The van der Waals surface area contributed by atoms with E-state index in [0.717, 1.165) is 5.56 Å². The van der Waals surface area contributed by atoms with Crippen LogP contribution in [0.25, 0.3) is 0 Å². The van der Waals surface area contributed by atoms with Gasteiger partial charge in [-0.3, -0.25) is 19.4 Å². The normalized spacial score (nSPS) is 21.8. The number of carbonyl (C=O) groups is 2. The molecule has 2 aliphatic heterocycles. The van der Waals surface area contributed by atoms with E-state index in [4.69, 9.17) is 0 Å². The molecule has 0 spiro atoms. The summed E-state index contributed by atoms with van der Waals surface area (Å²) in [5.74, 6) is -0.305. The molecule has 1 N–H and O–H groups in total. The van der Waals surface area contributed by atoms with Crippen molar-refractivity contribution in [1.29, 1.82) is 0 Å². The molecule has 0 saturated carbocycles. The van der Waals surface area contributed by atoms with Crippen molar-refractivity contribution in [3.8, 4) is 0 Å². The molecule has 4 rings (SSSR count). The molecule has 29 heavy (non-hydrogen) atoms. The van der Waals surface area contributed by atoms with E-state index in [-0.39, 0.29) is 24.3 Å². The van der Waals surface area contributed by atoms with Crippen molar-refractivity contribution in [3.05, 3.63) is 53.4 Å². The first-order valence-corrected chi connectivity index (χ1v) is 12.0. The Labute approximate surface area is 174 Å². The highest BCUT2D eigenvalue weighted by Gasteiger charge is 2.42. The van der Waals surface area contributed by atoms with Crippen LogP contribution in [0.2, 0.25) is 0 Å². The van der Waals surface area contributed by atoms with Crippen molar-refractivity contribution < 1.29 is 18.0 Å². The number of rotatable bonds is 6. The summed E-state index contributed by atoms with van der Waals surface area (Å²) in [5, 5.41) is 1.74. The molecular weight excluding hydrogens is 410 g/mol. The molecule has 3 heterocycles. The van der Waals surface area contributed by atoms with Gasteiger partial charge >= 0.3 is 0 Å². The van der Waals surface area contributed by atoms with Crippen LogP contribution in [0.15, 0.2) is 52.1 Å². The highest BCUT2D eigenvalue weighted by atomic mass is 32.2. The Bertz CT molecular complexity index is 968. The Morgan fingerprint density at radius 3 is 2.41 bits per heavy atom. The third-order valence-corrected chi connectivity index (χ3v) is 8.37. The molecule has 7 nitrogen and oxygen atoms in total. The first kappa shape index (κ1) is 20.2. The molecule has 2 amide bonds. The number of hydrogen-bond donors (Lipinski definition) is 1. The number of nitrogens with zero attached hydrogens (tertiary/aromatic N) is 2. The van der Waals surface area contributed by atoms with Crippen LogP contribution in [0.1, 0.15) is 24.8 Å². The second-order valence-electron chi connectivity index (χ2n) is 7.39. The van der Waals surface area contributed by atoms with Gasteiger partial charge < -0.3 is 0 Å². The van der Waals surface area contributed by atoms with Crippen LogP contribution in [0.4, 0.5) is 0 Å². The second-order valence-corrected chi connectivity index (χ2v) is 10.3. The lowest BCUT2D eigenvalue weighted by Crippen LogP contribution is -2.50. The number of imide groups is 1. The number of likely N-dealkylation sites (tertiary alicyclic amines) is 2. The average Bonchev–Trinajstić information content (AvgIpc) is 3.35. The number of hydrogen-bond acceptors (Lipinski definition) is 6.